The summed E-state index contributed by atoms with van der Waals surface area (Å²) >= 11 is -2.61. The average Bonchev–Trinajstić information content (AvgIpc) is 0.811. The molecular formula is H2O3RbS. The zero-order valence-corrected chi connectivity index (χ0v) is 8.44. The molecule has 0 aliphatic rings. The standard InChI is InChI=1S/H2O3S.Rb/c1-4(2)3;/h(H2,1,2,3);. The van der Waals surface area contributed by atoms with E-state index in [9.17, 15) is 0 Å². The van der Waals surface area contributed by atoms with Crippen molar-refractivity contribution < 1.29 is 13.3 Å². The zero-order chi connectivity index (χ0) is 3.58. The predicted octanol–water partition coefficient (Wildman–Crippen LogP) is -0.700. The van der Waals surface area contributed by atoms with Crippen LogP contribution in [0.2, 0.25) is 0 Å². The van der Waals surface area contributed by atoms with Crippen molar-refractivity contribution >= 4 is 69.5 Å². The van der Waals surface area contributed by atoms with Gasteiger partial charge in [-0.2, -0.15) is 4.21 Å². The minimum absolute atomic E-state index is 0. The van der Waals surface area contributed by atoms with Crippen molar-refractivity contribution in [3.8, 4) is 0 Å². The molecule has 5 heavy (non-hydrogen) atoms. The fourth-order valence-electron chi connectivity index (χ4n) is 0. The molecule has 0 aromatic carbocycles. The van der Waals surface area contributed by atoms with E-state index in [1.807, 2.05) is 0 Å². The first-order valence-corrected chi connectivity index (χ1v) is 1.60. The second-order valence-corrected chi connectivity index (χ2v) is 0.692. The fraction of sp³-hybridized carbons (Fsp3) is 0. The first-order valence-electron chi connectivity index (χ1n) is 0.532. The van der Waals surface area contributed by atoms with Crippen LogP contribution in [0.5, 0.6) is 0 Å². The van der Waals surface area contributed by atoms with Gasteiger partial charge in [-0.05, 0) is 0 Å². The summed E-state index contributed by atoms with van der Waals surface area (Å²) in [6.45, 7) is 0. The molecule has 0 aliphatic heterocycles. The van der Waals surface area contributed by atoms with Crippen LogP contribution in [0.3, 0.4) is 0 Å². The predicted molar refractivity (Wildman–Crippen MR) is 19.2 cm³/mol. The Kier molecular flexibility index (Phi) is 11.7. The molecule has 0 saturated heterocycles. The van der Waals surface area contributed by atoms with E-state index in [2.05, 4.69) is 0 Å². The van der Waals surface area contributed by atoms with E-state index in [1.54, 1.807) is 0 Å². The normalized spacial score (nSPS) is 7.00. The van der Waals surface area contributed by atoms with Crippen molar-refractivity contribution in [3.05, 3.63) is 0 Å². The molecule has 3 nitrogen and oxygen atoms in total. The van der Waals surface area contributed by atoms with E-state index in [0.29, 0.717) is 0 Å². The van der Waals surface area contributed by atoms with Crippen molar-refractivity contribution in [2.45, 2.75) is 0 Å². The molecular weight excluding hydrogens is 166 g/mol. The zero-order valence-electron chi connectivity index (χ0n) is 2.71. The molecule has 2 N–H and O–H groups in total. The Hall–Kier alpha value is 1.88. The van der Waals surface area contributed by atoms with Crippen molar-refractivity contribution in [2.24, 2.45) is 0 Å². The van der Waals surface area contributed by atoms with Crippen molar-refractivity contribution in [1.82, 2.24) is 0 Å². The Morgan fingerprint density at radius 1 is 1.40 bits per heavy atom. The second kappa shape index (κ2) is 5.88. The van der Waals surface area contributed by atoms with Crippen LogP contribution in [0, 0.1) is 0 Å². The molecule has 0 aromatic heterocycles. The van der Waals surface area contributed by atoms with Gasteiger partial charge in [0, 0.05) is 58.2 Å². The van der Waals surface area contributed by atoms with Crippen LogP contribution in [0.15, 0.2) is 0 Å². The molecule has 0 rings (SSSR count). The van der Waals surface area contributed by atoms with Crippen LogP contribution in [0.25, 0.3) is 0 Å². The second-order valence-electron chi connectivity index (χ2n) is 0.231. The van der Waals surface area contributed by atoms with Crippen LogP contribution in [-0.2, 0) is 11.4 Å². The van der Waals surface area contributed by atoms with Crippen LogP contribution in [-0.4, -0.2) is 71.5 Å². The number of hydrogen-bond donors (Lipinski definition) is 2. The molecule has 0 bridgehead atoms. The maximum absolute atomic E-state index is 8.67. The molecule has 0 aromatic rings. The average molecular weight is 168 g/mol. The van der Waals surface area contributed by atoms with E-state index in [0.717, 1.165) is 0 Å². The molecule has 0 aliphatic carbocycles. The summed E-state index contributed by atoms with van der Waals surface area (Å²) in [7, 11) is 0. The van der Waals surface area contributed by atoms with E-state index in [-0.39, 0.29) is 58.2 Å². The minimum atomic E-state index is -2.61. The summed E-state index contributed by atoms with van der Waals surface area (Å²) in [6.07, 6.45) is 0. The Morgan fingerprint density at radius 2 is 1.40 bits per heavy atom. The van der Waals surface area contributed by atoms with Gasteiger partial charge in [-0.1, -0.05) is 0 Å². The van der Waals surface area contributed by atoms with Gasteiger partial charge in [0.2, 0.25) is 0 Å². The van der Waals surface area contributed by atoms with Gasteiger partial charge in [-0.3, -0.25) is 9.11 Å². The Morgan fingerprint density at radius 3 is 1.40 bits per heavy atom. The van der Waals surface area contributed by atoms with E-state index >= 15 is 0 Å². The summed E-state index contributed by atoms with van der Waals surface area (Å²) < 4.78 is 22.8. The smallest absolute Gasteiger partial charge is 0.284 e. The fourth-order valence-corrected chi connectivity index (χ4v) is 0. The maximum atomic E-state index is 8.67. The van der Waals surface area contributed by atoms with Gasteiger partial charge in [-0.15, -0.1) is 0 Å². The van der Waals surface area contributed by atoms with Gasteiger partial charge in [0.05, 0.1) is 0 Å². The van der Waals surface area contributed by atoms with Gasteiger partial charge in [-0.25, -0.2) is 0 Å². The summed E-state index contributed by atoms with van der Waals surface area (Å²) in [5.74, 6) is 0. The number of hydrogen-bond acceptors (Lipinski definition) is 1. The van der Waals surface area contributed by atoms with Gasteiger partial charge in [0.1, 0.15) is 0 Å². The summed E-state index contributed by atoms with van der Waals surface area (Å²) in [4.78, 5) is 0. The van der Waals surface area contributed by atoms with E-state index < -0.39 is 11.4 Å². The van der Waals surface area contributed by atoms with Crippen LogP contribution >= 0.6 is 0 Å². The molecule has 0 fully saturated rings. The maximum Gasteiger partial charge on any atom is 0.299 e. The molecule has 0 heterocycles. The third-order valence-corrected chi connectivity index (χ3v) is 0. The third kappa shape index (κ3) is 25.1. The monoisotopic (exact) mass is 167 g/mol. The van der Waals surface area contributed by atoms with Gasteiger partial charge in [0.15, 0.2) is 0 Å². The van der Waals surface area contributed by atoms with Crippen molar-refractivity contribution in [3.63, 3.8) is 0 Å². The Labute approximate surface area is 81.0 Å². The SMILES string of the molecule is O=S(O)O.[Rb]. The van der Waals surface area contributed by atoms with Crippen molar-refractivity contribution in [2.75, 3.05) is 0 Å². The molecule has 27 valence electrons. The van der Waals surface area contributed by atoms with Crippen LogP contribution in [0.4, 0.5) is 0 Å². The largest absolute Gasteiger partial charge is 0.299 e. The first-order chi connectivity index (χ1) is 1.73. The summed E-state index contributed by atoms with van der Waals surface area (Å²) in [5, 5.41) is 0. The van der Waals surface area contributed by atoms with Crippen molar-refractivity contribution in [1.29, 1.82) is 0 Å². The molecule has 1 radical (unpaired) electrons. The quantitative estimate of drug-likeness (QED) is 0.469. The minimum Gasteiger partial charge on any atom is -0.284 e. The Bertz CT molecular complexity index is 29.9. The van der Waals surface area contributed by atoms with E-state index in [1.165, 1.54) is 0 Å². The summed E-state index contributed by atoms with van der Waals surface area (Å²) in [6, 6.07) is 0. The van der Waals surface area contributed by atoms with Gasteiger partial charge >= 0.3 is 0 Å². The van der Waals surface area contributed by atoms with E-state index in [4.69, 9.17) is 13.3 Å². The molecule has 0 unspecified atom stereocenters. The third-order valence-electron chi connectivity index (χ3n) is 0. The molecule has 0 spiro atoms. The van der Waals surface area contributed by atoms with Gasteiger partial charge in [0.25, 0.3) is 11.4 Å². The van der Waals surface area contributed by atoms with Gasteiger partial charge < -0.3 is 0 Å². The molecule has 0 saturated carbocycles. The first kappa shape index (κ1) is 9.98. The molecule has 5 heteroatoms. The molecule has 0 amide bonds. The topological polar surface area (TPSA) is 57.5 Å². The summed E-state index contributed by atoms with van der Waals surface area (Å²) in [5.41, 5.74) is 0. The Balaban J connectivity index is 0. The van der Waals surface area contributed by atoms with Crippen LogP contribution < -0.4 is 0 Å². The number of rotatable bonds is 0. The molecule has 0 atom stereocenters. The van der Waals surface area contributed by atoms with Crippen LogP contribution in [0.1, 0.15) is 0 Å².